The molecule has 0 aliphatic heterocycles. The Morgan fingerprint density at radius 2 is 0.983 bits per heavy atom. The lowest BCUT2D eigenvalue weighted by Gasteiger charge is -2.28. The van der Waals surface area contributed by atoms with Crippen molar-refractivity contribution in [1.29, 1.82) is 0 Å². The molecule has 0 saturated heterocycles. The Morgan fingerprint density at radius 1 is 0.542 bits per heavy atom. The van der Waals surface area contributed by atoms with Gasteiger partial charge in [-0.15, -0.1) is 0 Å². The predicted molar refractivity (Wildman–Crippen MR) is 249 cm³/mol. The molecule has 0 spiro atoms. The number of rotatable bonds is 42. The molecule has 9 heteroatoms. The number of phosphoric ester groups is 1. The Bertz CT molecular complexity index is 1210. The molecule has 0 heterocycles. The Balaban J connectivity index is 4.30. The SMILES string of the molecule is CC/C=C\C/C=C\C/C=C\C/C=C\C/C=C\CCCC(=O)OC(COCCCCCCCCCCCC/C=C\C/C=C\CCCCC)COP(=O)([O-])OCC[N+](C)(C)C. The number of allylic oxidation sites excluding steroid dienone is 14. The van der Waals surface area contributed by atoms with E-state index in [1.165, 1.54) is 83.5 Å². The Kier molecular flexibility index (Phi) is 40.7. The lowest BCUT2D eigenvalue weighted by molar-refractivity contribution is -0.870. The fourth-order valence-electron chi connectivity index (χ4n) is 5.85. The largest absolute Gasteiger partial charge is 0.756 e. The van der Waals surface area contributed by atoms with Gasteiger partial charge in [0.1, 0.15) is 19.3 Å². The number of likely N-dealkylation sites (N-methyl/N-ethyl adjacent to an activating group) is 1. The molecule has 0 N–H and O–H groups in total. The second kappa shape index (κ2) is 42.4. The topological polar surface area (TPSA) is 94.1 Å². The van der Waals surface area contributed by atoms with E-state index in [0.717, 1.165) is 57.8 Å². The zero-order valence-electron chi connectivity index (χ0n) is 38.4. The average Bonchev–Trinajstić information content (AvgIpc) is 3.19. The van der Waals surface area contributed by atoms with Gasteiger partial charge in [0.05, 0.1) is 34.4 Å². The second-order valence-electron chi connectivity index (χ2n) is 16.4. The first-order valence-corrected chi connectivity index (χ1v) is 24.8. The Hall–Kier alpha value is -2.32. The lowest BCUT2D eigenvalue weighted by atomic mass is 10.1. The van der Waals surface area contributed by atoms with Gasteiger partial charge in [-0.25, -0.2) is 0 Å². The first-order chi connectivity index (χ1) is 28.6. The van der Waals surface area contributed by atoms with Crippen molar-refractivity contribution < 1.29 is 37.3 Å². The highest BCUT2D eigenvalue weighted by atomic mass is 31.2. The van der Waals surface area contributed by atoms with E-state index in [9.17, 15) is 14.3 Å². The Morgan fingerprint density at radius 3 is 1.47 bits per heavy atom. The van der Waals surface area contributed by atoms with Gasteiger partial charge in [-0.05, 0) is 83.5 Å². The quantitative estimate of drug-likeness (QED) is 0.0199. The molecule has 0 aliphatic carbocycles. The van der Waals surface area contributed by atoms with Crippen LogP contribution in [0.4, 0.5) is 0 Å². The molecule has 0 aromatic rings. The van der Waals surface area contributed by atoms with E-state index in [4.69, 9.17) is 18.5 Å². The number of nitrogens with zero attached hydrogens (tertiary/aromatic N) is 1. The van der Waals surface area contributed by atoms with Crippen LogP contribution in [0.25, 0.3) is 0 Å². The summed E-state index contributed by atoms with van der Waals surface area (Å²) in [6, 6.07) is 0. The monoisotopic (exact) mass is 846 g/mol. The number of ether oxygens (including phenoxy) is 2. The van der Waals surface area contributed by atoms with Gasteiger partial charge in [-0.1, -0.05) is 163 Å². The summed E-state index contributed by atoms with van der Waals surface area (Å²) in [5, 5.41) is 0. The highest BCUT2D eigenvalue weighted by molar-refractivity contribution is 7.45. The zero-order valence-corrected chi connectivity index (χ0v) is 39.3. The predicted octanol–water partition coefficient (Wildman–Crippen LogP) is 13.4. The van der Waals surface area contributed by atoms with E-state index >= 15 is 0 Å². The van der Waals surface area contributed by atoms with Crippen molar-refractivity contribution >= 4 is 13.8 Å². The minimum Gasteiger partial charge on any atom is -0.756 e. The van der Waals surface area contributed by atoms with Crippen molar-refractivity contribution in [2.75, 3.05) is 54.1 Å². The zero-order chi connectivity index (χ0) is 43.4. The van der Waals surface area contributed by atoms with Gasteiger partial charge in [-0.3, -0.25) is 9.36 Å². The van der Waals surface area contributed by atoms with Crippen LogP contribution in [0, 0.1) is 0 Å². The van der Waals surface area contributed by atoms with Crippen LogP contribution in [-0.4, -0.2) is 70.7 Å². The molecule has 59 heavy (non-hydrogen) atoms. The number of hydrogen-bond donors (Lipinski definition) is 0. The first-order valence-electron chi connectivity index (χ1n) is 23.3. The summed E-state index contributed by atoms with van der Waals surface area (Å²) in [6.45, 7) is 5.17. The summed E-state index contributed by atoms with van der Waals surface area (Å²) in [6.07, 6.45) is 56.1. The van der Waals surface area contributed by atoms with E-state index < -0.39 is 19.9 Å². The summed E-state index contributed by atoms with van der Waals surface area (Å²) in [5.74, 6) is -0.394. The van der Waals surface area contributed by atoms with Crippen molar-refractivity contribution in [2.24, 2.45) is 0 Å². The van der Waals surface area contributed by atoms with Crippen molar-refractivity contribution in [3.05, 3.63) is 85.1 Å². The smallest absolute Gasteiger partial charge is 0.306 e. The summed E-state index contributed by atoms with van der Waals surface area (Å²) >= 11 is 0. The van der Waals surface area contributed by atoms with Crippen LogP contribution in [0.3, 0.4) is 0 Å². The maximum atomic E-state index is 12.7. The Labute approximate surface area is 363 Å². The van der Waals surface area contributed by atoms with Gasteiger partial charge in [0, 0.05) is 13.0 Å². The van der Waals surface area contributed by atoms with Crippen LogP contribution in [0.15, 0.2) is 85.1 Å². The molecule has 0 saturated carbocycles. The van der Waals surface area contributed by atoms with E-state index in [1.54, 1.807) is 0 Å². The third-order valence-corrected chi connectivity index (χ3v) is 10.4. The molecule has 0 radical (unpaired) electrons. The fourth-order valence-corrected chi connectivity index (χ4v) is 6.57. The molecule has 0 bridgehead atoms. The molecule has 0 aromatic heterocycles. The van der Waals surface area contributed by atoms with Crippen LogP contribution in [-0.2, 0) is 27.9 Å². The highest BCUT2D eigenvalue weighted by Gasteiger charge is 2.20. The molecule has 8 nitrogen and oxygen atoms in total. The van der Waals surface area contributed by atoms with Crippen LogP contribution in [0.5, 0.6) is 0 Å². The third-order valence-electron chi connectivity index (χ3n) is 9.43. The van der Waals surface area contributed by atoms with E-state index in [-0.39, 0.29) is 26.2 Å². The van der Waals surface area contributed by atoms with Crippen molar-refractivity contribution in [2.45, 2.75) is 174 Å². The highest BCUT2D eigenvalue weighted by Crippen LogP contribution is 2.38. The third kappa shape index (κ3) is 46.6. The number of unbranched alkanes of at least 4 members (excludes halogenated alkanes) is 14. The van der Waals surface area contributed by atoms with Gasteiger partial charge >= 0.3 is 5.97 Å². The fraction of sp³-hybridized carbons (Fsp3) is 0.700. The standard InChI is InChI=1S/C50H88NO7P/c1-6-8-10-12-14-16-18-20-22-24-25-26-28-30-32-34-36-38-40-42-45-55-47-49(48-57-59(53,54)56-46-44-51(3,4)5)58-50(52)43-41-39-37-35-33-31-29-27-23-21-19-17-15-13-11-9-7-2/h9,11,14-17,20-23,29,31,35,37,49H,6-8,10,12-13,18-19,24-28,30,32-34,36,38-48H2,1-5H3/b11-9-,16-14-,17-15-,22-20-,23-21-,31-29-,37-35-. The van der Waals surface area contributed by atoms with Gasteiger partial charge < -0.3 is 27.9 Å². The molecular formula is C50H88NO7P. The molecule has 0 aliphatic rings. The number of quaternary nitrogens is 1. The maximum Gasteiger partial charge on any atom is 0.306 e. The van der Waals surface area contributed by atoms with Crippen LogP contribution in [0.2, 0.25) is 0 Å². The van der Waals surface area contributed by atoms with E-state index in [2.05, 4.69) is 98.9 Å². The minimum absolute atomic E-state index is 0.0105. The van der Waals surface area contributed by atoms with Gasteiger partial charge in [0.15, 0.2) is 0 Å². The molecule has 2 atom stereocenters. The minimum atomic E-state index is -4.55. The van der Waals surface area contributed by atoms with E-state index in [0.29, 0.717) is 24.1 Å². The molecule has 2 unspecified atom stereocenters. The maximum absolute atomic E-state index is 12.7. The summed E-state index contributed by atoms with van der Waals surface area (Å²) < 4.78 is 34.6. The number of phosphoric acid groups is 1. The first kappa shape index (κ1) is 56.7. The molecule has 0 amide bonds. The van der Waals surface area contributed by atoms with Crippen LogP contribution < -0.4 is 4.89 Å². The van der Waals surface area contributed by atoms with Gasteiger partial charge in [-0.2, -0.15) is 0 Å². The average molecular weight is 846 g/mol. The van der Waals surface area contributed by atoms with Crippen LogP contribution >= 0.6 is 7.82 Å². The summed E-state index contributed by atoms with van der Waals surface area (Å²) in [7, 11) is 1.31. The van der Waals surface area contributed by atoms with Crippen LogP contribution in [0.1, 0.15) is 168 Å². The van der Waals surface area contributed by atoms with Crippen molar-refractivity contribution in [3.63, 3.8) is 0 Å². The van der Waals surface area contributed by atoms with Gasteiger partial charge in [0.25, 0.3) is 7.82 Å². The summed E-state index contributed by atoms with van der Waals surface area (Å²) in [5.41, 5.74) is 0. The van der Waals surface area contributed by atoms with E-state index in [1.807, 2.05) is 21.1 Å². The number of carbonyl (C=O) groups excluding carboxylic acids is 1. The molecule has 0 aromatic carbocycles. The second-order valence-corrected chi connectivity index (χ2v) is 17.8. The molecule has 0 rings (SSSR count). The number of hydrogen-bond acceptors (Lipinski definition) is 7. The normalized spacial score (nSPS) is 14.5. The van der Waals surface area contributed by atoms with Crippen molar-refractivity contribution in [1.82, 2.24) is 0 Å². The summed E-state index contributed by atoms with van der Waals surface area (Å²) in [4.78, 5) is 25.1. The molecular weight excluding hydrogens is 758 g/mol. The number of carbonyl (C=O) groups is 1. The van der Waals surface area contributed by atoms with Gasteiger partial charge in [0.2, 0.25) is 0 Å². The number of esters is 1. The lowest BCUT2D eigenvalue weighted by Crippen LogP contribution is -2.37. The molecule has 0 fully saturated rings. The molecule has 340 valence electrons. The van der Waals surface area contributed by atoms with Crippen molar-refractivity contribution in [3.8, 4) is 0 Å².